The average Bonchev–Trinajstić information content (AvgIpc) is 2.84. The summed E-state index contributed by atoms with van der Waals surface area (Å²) in [6, 6.07) is -0.141. The third-order valence-electron chi connectivity index (χ3n) is 4.04. The number of carbonyl (C=O) groups excluding carboxylic acids is 1. The topological polar surface area (TPSA) is 78.4 Å². The Morgan fingerprint density at radius 1 is 1.33 bits per heavy atom. The molecule has 102 valence electrons. The van der Waals surface area contributed by atoms with Gasteiger partial charge in [-0.15, -0.1) is 0 Å². The van der Waals surface area contributed by atoms with Crippen molar-refractivity contribution in [2.75, 3.05) is 0 Å². The Morgan fingerprint density at radius 2 is 2.00 bits per heavy atom. The summed E-state index contributed by atoms with van der Waals surface area (Å²) >= 11 is 0. The highest BCUT2D eigenvalue weighted by atomic mass is 16.4. The molecule has 0 aromatic heterocycles. The van der Waals surface area contributed by atoms with E-state index < -0.39 is 17.4 Å². The molecule has 2 bridgehead atoms. The van der Waals surface area contributed by atoms with Gasteiger partial charge < -0.3 is 15.7 Å². The summed E-state index contributed by atoms with van der Waals surface area (Å²) in [5, 5.41) is 15.3. The SMILES string of the molecule is CC(C)(C)[C@H](NC(=O)C1CC2CCC1N2)C(=O)O. The lowest BCUT2D eigenvalue weighted by Crippen LogP contribution is -2.52. The van der Waals surface area contributed by atoms with Crippen molar-refractivity contribution in [2.45, 2.75) is 58.2 Å². The summed E-state index contributed by atoms with van der Waals surface area (Å²) in [6.45, 7) is 5.47. The highest BCUT2D eigenvalue weighted by Crippen LogP contribution is 2.33. The van der Waals surface area contributed by atoms with Crippen LogP contribution in [-0.4, -0.2) is 35.1 Å². The van der Waals surface area contributed by atoms with E-state index in [1.165, 1.54) is 0 Å². The van der Waals surface area contributed by atoms with Crippen LogP contribution in [0.15, 0.2) is 0 Å². The molecule has 0 spiro atoms. The predicted molar refractivity (Wildman–Crippen MR) is 67.1 cm³/mol. The molecule has 1 amide bonds. The zero-order chi connectivity index (χ0) is 13.5. The van der Waals surface area contributed by atoms with Crippen LogP contribution in [0.4, 0.5) is 0 Å². The van der Waals surface area contributed by atoms with Crippen LogP contribution in [0.25, 0.3) is 0 Å². The first-order valence-electron chi connectivity index (χ1n) is 6.58. The van der Waals surface area contributed by atoms with Crippen LogP contribution in [0, 0.1) is 11.3 Å². The number of carbonyl (C=O) groups is 2. The fourth-order valence-corrected chi connectivity index (χ4v) is 3.01. The lowest BCUT2D eigenvalue weighted by molar-refractivity contribution is -0.145. The highest BCUT2D eigenvalue weighted by Gasteiger charge is 2.44. The molecule has 18 heavy (non-hydrogen) atoms. The van der Waals surface area contributed by atoms with Crippen molar-refractivity contribution in [3.63, 3.8) is 0 Å². The molecule has 4 atom stereocenters. The van der Waals surface area contributed by atoms with E-state index in [1.807, 2.05) is 20.8 Å². The first kappa shape index (κ1) is 13.3. The fourth-order valence-electron chi connectivity index (χ4n) is 3.01. The van der Waals surface area contributed by atoms with Crippen LogP contribution in [-0.2, 0) is 9.59 Å². The minimum atomic E-state index is -0.966. The molecule has 2 rings (SSSR count). The summed E-state index contributed by atoms with van der Waals surface area (Å²) in [5.74, 6) is -1.14. The van der Waals surface area contributed by atoms with Crippen molar-refractivity contribution in [1.29, 1.82) is 0 Å². The maximum Gasteiger partial charge on any atom is 0.326 e. The highest BCUT2D eigenvalue weighted by molar-refractivity contribution is 5.86. The Bertz CT molecular complexity index is 362. The van der Waals surface area contributed by atoms with E-state index >= 15 is 0 Å². The molecule has 5 nitrogen and oxygen atoms in total. The second kappa shape index (κ2) is 4.53. The van der Waals surface area contributed by atoms with E-state index in [4.69, 9.17) is 0 Å². The molecule has 2 aliphatic heterocycles. The molecule has 2 fully saturated rings. The number of hydrogen-bond acceptors (Lipinski definition) is 3. The zero-order valence-corrected chi connectivity index (χ0v) is 11.2. The summed E-state index contributed by atoms with van der Waals surface area (Å²) in [4.78, 5) is 23.4. The second-order valence-electron chi connectivity index (χ2n) is 6.54. The molecule has 5 heteroatoms. The molecule has 3 unspecified atom stereocenters. The molecular formula is C13H22N2O3. The molecule has 2 aliphatic rings. The summed E-state index contributed by atoms with van der Waals surface area (Å²) in [6.07, 6.45) is 3.00. The van der Waals surface area contributed by atoms with E-state index in [0.717, 1.165) is 19.3 Å². The van der Waals surface area contributed by atoms with Crippen LogP contribution in [0.1, 0.15) is 40.0 Å². The van der Waals surface area contributed by atoms with Crippen LogP contribution in [0.5, 0.6) is 0 Å². The van der Waals surface area contributed by atoms with Crippen molar-refractivity contribution in [3.8, 4) is 0 Å². The number of carboxylic acids is 1. The van der Waals surface area contributed by atoms with Crippen molar-refractivity contribution < 1.29 is 14.7 Å². The van der Waals surface area contributed by atoms with Crippen molar-refractivity contribution >= 4 is 11.9 Å². The first-order chi connectivity index (χ1) is 8.29. The Morgan fingerprint density at radius 3 is 2.39 bits per heavy atom. The zero-order valence-electron chi connectivity index (χ0n) is 11.2. The number of hydrogen-bond donors (Lipinski definition) is 3. The van der Waals surface area contributed by atoms with Gasteiger partial charge in [-0.05, 0) is 24.7 Å². The van der Waals surface area contributed by atoms with Gasteiger partial charge in [0.15, 0.2) is 0 Å². The summed E-state index contributed by atoms with van der Waals surface area (Å²) in [7, 11) is 0. The monoisotopic (exact) mass is 254 g/mol. The van der Waals surface area contributed by atoms with Gasteiger partial charge in [-0.2, -0.15) is 0 Å². The average molecular weight is 254 g/mol. The van der Waals surface area contributed by atoms with Crippen molar-refractivity contribution in [1.82, 2.24) is 10.6 Å². The molecule has 0 aliphatic carbocycles. The van der Waals surface area contributed by atoms with Crippen molar-refractivity contribution in [2.24, 2.45) is 11.3 Å². The van der Waals surface area contributed by atoms with E-state index in [2.05, 4.69) is 10.6 Å². The van der Waals surface area contributed by atoms with E-state index in [9.17, 15) is 14.7 Å². The summed E-state index contributed by atoms with van der Waals surface area (Å²) in [5.41, 5.74) is -0.480. The Kier molecular flexibility index (Phi) is 3.36. The predicted octanol–water partition coefficient (Wildman–Crippen LogP) is 0.742. The van der Waals surface area contributed by atoms with Gasteiger partial charge in [0.25, 0.3) is 0 Å². The molecule has 0 radical (unpaired) electrons. The normalized spacial score (nSPS) is 32.3. The third-order valence-corrected chi connectivity index (χ3v) is 4.04. The molecule has 2 heterocycles. The molecule has 0 aromatic rings. The van der Waals surface area contributed by atoms with Crippen LogP contribution in [0.3, 0.4) is 0 Å². The number of fused-ring (bicyclic) bond motifs is 2. The lowest BCUT2D eigenvalue weighted by Gasteiger charge is -2.30. The van der Waals surface area contributed by atoms with Gasteiger partial charge in [0.2, 0.25) is 5.91 Å². The lowest BCUT2D eigenvalue weighted by atomic mass is 9.84. The van der Waals surface area contributed by atoms with E-state index in [0.29, 0.717) is 6.04 Å². The first-order valence-corrected chi connectivity index (χ1v) is 6.58. The quantitative estimate of drug-likeness (QED) is 0.694. The van der Waals surface area contributed by atoms with Crippen LogP contribution < -0.4 is 10.6 Å². The second-order valence-corrected chi connectivity index (χ2v) is 6.54. The standard InChI is InChI=1S/C13H22N2O3/c1-13(2,3)10(12(17)18)15-11(16)8-6-7-4-5-9(8)14-7/h7-10,14H,4-6H2,1-3H3,(H,15,16)(H,17,18)/t7?,8?,9?,10-/m1/s1. The van der Waals surface area contributed by atoms with Crippen LogP contribution >= 0.6 is 0 Å². The number of amides is 1. The minimum Gasteiger partial charge on any atom is -0.480 e. The maximum absolute atomic E-state index is 12.2. The third kappa shape index (κ3) is 2.51. The molecular weight excluding hydrogens is 232 g/mol. The van der Waals surface area contributed by atoms with Gasteiger partial charge in [0.05, 0.1) is 5.92 Å². The molecule has 0 saturated carbocycles. The largest absolute Gasteiger partial charge is 0.480 e. The maximum atomic E-state index is 12.2. The molecule has 2 saturated heterocycles. The van der Waals surface area contributed by atoms with Crippen molar-refractivity contribution in [3.05, 3.63) is 0 Å². The fraction of sp³-hybridized carbons (Fsp3) is 0.846. The molecule has 3 N–H and O–H groups in total. The number of nitrogens with one attached hydrogen (secondary N) is 2. The van der Waals surface area contributed by atoms with E-state index in [-0.39, 0.29) is 17.9 Å². The Balaban J connectivity index is 2.00. The van der Waals surface area contributed by atoms with Gasteiger partial charge in [-0.3, -0.25) is 4.79 Å². The summed E-state index contributed by atoms with van der Waals surface area (Å²) < 4.78 is 0. The van der Waals surface area contributed by atoms with Gasteiger partial charge in [-0.1, -0.05) is 20.8 Å². The van der Waals surface area contributed by atoms with Gasteiger partial charge in [-0.25, -0.2) is 4.79 Å². The number of carboxylic acid groups (broad SMARTS) is 1. The Hall–Kier alpha value is -1.10. The minimum absolute atomic E-state index is 0.0621. The smallest absolute Gasteiger partial charge is 0.326 e. The van der Waals surface area contributed by atoms with E-state index in [1.54, 1.807) is 0 Å². The van der Waals surface area contributed by atoms with Gasteiger partial charge in [0, 0.05) is 12.1 Å². The van der Waals surface area contributed by atoms with Gasteiger partial charge >= 0.3 is 5.97 Å². The van der Waals surface area contributed by atoms with Gasteiger partial charge in [0.1, 0.15) is 6.04 Å². The number of aliphatic carboxylic acids is 1. The number of rotatable bonds is 3. The molecule has 0 aromatic carbocycles. The van der Waals surface area contributed by atoms with Crippen LogP contribution in [0.2, 0.25) is 0 Å². The Labute approximate surface area is 107 Å².